The van der Waals surface area contributed by atoms with E-state index >= 15 is 0 Å². The monoisotopic (exact) mass is 401 g/mol. The maximum Gasteiger partial charge on any atom is 0.340 e. The molecular formula is C20H20FN3O3S. The maximum absolute atomic E-state index is 13.4. The summed E-state index contributed by atoms with van der Waals surface area (Å²) in [6.45, 7) is 7.08. The van der Waals surface area contributed by atoms with Crippen LogP contribution in [0.4, 0.5) is 9.52 Å². The quantitative estimate of drug-likeness (QED) is 0.611. The molecular weight excluding hydrogens is 381 g/mol. The summed E-state index contributed by atoms with van der Waals surface area (Å²) in [5.41, 5.74) is 3.70. The Balaban J connectivity index is 1.81. The van der Waals surface area contributed by atoms with Crippen molar-refractivity contribution in [2.24, 2.45) is 0 Å². The fraction of sp³-hybridized carbons (Fsp3) is 0.250. The molecule has 0 aliphatic rings. The molecule has 0 saturated heterocycles. The standard InChI is InChI=1S/C20H20FN3O3S/c1-5-27-19(26)16-11(3)17(22-12(16)4)18(25)24-20-23-15(9-28-20)13-6-7-14(21)10(2)8-13/h6-9,22H,5H2,1-4H3,(H,23,24,25). The number of carbonyl (C=O) groups excluding carboxylic acids is 2. The Morgan fingerprint density at radius 2 is 2.04 bits per heavy atom. The van der Waals surface area contributed by atoms with Crippen LogP contribution in [0.25, 0.3) is 11.3 Å². The number of esters is 1. The van der Waals surface area contributed by atoms with Gasteiger partial charge in [-0.3, -0.25) is 10.1 Å². The number of thiazole rings is 1. The van der Waals surface area contributed by atoms with Gasteiger partial charge in [-0.15, -0.1) is 11.3 Å². The van der Waals surface area contributed by atoms with E-state index in [2.05, 4.69) is 15.3 Å². The summed E-state index contributed by atoms with van der Waals surface area (Å²) in [6.07, 6.45) is 0. The largest absolute Gasteiger partial charge is 0.462 e. The third-order valence-electron chi connectivity index (χ3n) is 4.32. The summed E-state index contributed by atoms with van der Waals surface area (Å²) in [7, 11) is 0. The number of aromatic nitrogens is 2. The summed E-state index contributed by atoms with van der Waals surface area (Å²) >= 11 is 1.27. The average molecular weight is 401 g/mol. The molecule has 0 fully saturated rings. The van der Waals surface area contributed by atoms with Crippen molar-refractivity contribution in [1.82, 2.24) is 9.97 Å². The summed E-state index contributed by atoms with van der Waals surface area (Å²) in [5, 5.41) is 4.94. The first kappa shape index (κ1) is 19.8. The van der Waals surface area contributed by atoms with Crippen molar-refractivity contribution in [3.8, 4) is 11.3 Å². The van der Waals surface area contributed by atoms with E-state index in [0.29, 0.717) is 33.2 Å². The molecule has 146 valence electrons. The van der Waals surface area contributed by atoms with Crippen molar-refractivity contribution in [3.63, 3.8) is 0 Å². The van der Waals surface area contributed by atoms with Gasteiger partial charge in [0.2, 0.25) is 0 Å². The molecule has 3 aromatic rings. The molecule has 0 saturated carbocycles. The smallest absolute Gasteiger partial charge is 0.340 e. The van der Waals surface area contributed by atoms with Gasteiger partial charge in [0, 0.05) is 16.6 Å². The highest BCUT2D eigenvalue weighted by molar-refractivity contribution is 7.14. The van der Waals surface area contributed by atoms with Crippen LogP contribution in [-0.2, 0) is 4.74 Å². The average Bonchev–Trinajstić information content (AvgIpc) is 3.22. The van der Waals surface area contributed by atoms with Crippen LogP contribution >= 0.6 is 11.3 Å². The number of rotatable bonds is 5. The van der Waals surface area contributed by atoms with Crippen LogP contribution in [-0.4, -0.2) is 28.5 Å². The highest BCUT2D eigenvalue weighted by Gasteiger charge is 2.23. The predicted octanol–water partition coefficient (Wildman–Crippen LogP) is 4.63. The second-order valence-corrected chi connectivity index (χ2v) is 7.16. The number of nitrogens with one attached hydrogen (secondary N) is 2. The third kappa shape index (κ3) is 3.82. The van der Waals surface area contributed by atoms with Gasteiger partial charge in [-0.2, -0.15) is 0 Å². The minimum atomic E-state index is -0.462. The van der Waals surface area contributed by atoms with E-state index in [-0.39, 0.29) is 18.1 Å². The predicted molar refractivity (Wildman–Crippen MR) is 106 cm³/mol. The number of nitrogens with zero attached hydrogens (tertiary/aromatic N) is 1. The number of H-pyrrole nitrogens is 1. The molecule has 1 aromatic carbocycles. The second kappa shape index (κ2) is 7.93. The molecule has 8 heteroatoms. The number of carbonyl (C=O) groups is 2. The van der Waals surface area contributed by atoms with Crippen molar-refractivity contribution in [2.45, 2.75) is 27.7 Å². The SMILES string of the molecule is CCOC(=O)c1c(C)[nH]c(C(=O)Nc2nc(-c3ccc(F)c(C)c3)cs2)c1C. The minimum absolute atomic E-state index is 0.259. The Morgan fingerprint density at radius 1 is 1.29 bits per heavy atom. The summed E-state index contributed by atoms with van der Waals surface area (Å²) in [5.74, 6) is -1.13. The Bertz CT molecular complexity index is 1060. The van der Waals surface area contributed by atoms with Crippen LogP contribution in [0.15, 0.2) is 23.6 Å². The first-order chi connectivity index (χ1) is 13.3. The highest BCUT2D eigenvalue weighted by atomic mass is 32.1. The number of hydrogen-bond acceptors (Lipinski definition) is 5. The fourth-order valence-electron chi connectivity index (χ4n) is 2.91. The van der Waals surface area contributed by atoms with Crippen molar-refractivity contribution in [3.05, 3.63) is 57.5 Å². The van der Waals surface area contributed by atoms with Crippen molar-refractivity contribution in [1.29, 1.82) is 0 Å². The van der Waals surface area contributed by atoms with Gasteiger partial charge in [-0.1, -0.05) is 0 Å². The first-order valence-electron chi connectivity index (χ1n) is 8.71. The normalized spacial score (nSPS) is 10.8. The first-order valence-corrected chi connectivity index (χ1v) is 9.59. The molecule has 0 radical (unpaired) electrons. The van der Waals surface area contributed by atoms with Crippen LogP contribution in [0.2, 0.25) is 0 Å². The van der Waals surface area contributed by atoms with E-state index in [1.807, 2.05) is 0 Å². The van der Waals surface area contributed by atoms with Gasteiger partial charge < -0.3 is 9.72 Å². The number of aryl methyl sites for hydroxylation is 2. The van der Waals surface area contributed by atoms with Crippen molar-refractivity contribution >= 4 is 28.3 Å². The zero-order chi connectivity index (χ0) is 20.4. The maximum atomic E-state index is 13.4. The lowest BCUT2D eigenvalue weighted by Gasteiger charge is -2.03. The lowest BCUT2D eigenvalue weighted by atomic mass is 10.1. The highest BCUT2D eigenvalue weighted by Crippen LogP contribution is 2.27. The van der Waals surface area contributed by atoms with Crippen LogP contribution in [0.5, 0.6) is 0 Å². The van der Waals surface area contributed by atoms with E-state index in [1.165, 1.54) is 17.4 Å². The number of hydrogen-bond donors (Lipinski definition) is 2. The number of aromatic amines is 1. The molecule has 1 amide bonds. The Hall–Kier alpha value is -3.00. The zero-order valence-corrected chi connectivity index (χ0v) is 16.8. The molecule has 28 heavy (non-hydrogen) atoms. The van der Waals surface area contributed by atoms with E-state index < -0.39 is 11.9 Å². The van der Waals surface area contributed by atoms with Crippen molar-refractivity contribution < 1.29 is 18.7 Å². The molecule has 0 aliphatic heterocycles. The molecule has 0 bridgehead atoms. The lowest BCUT2D eigenvalue weighted by Crippen LogP contribution is -2.14. The van der Waals surface area contributed by atoms with E-state index in [1.54, 1.807) is 45.2 Å². The number of ether oxygens (including phenoxy) is 1. The zero-order valence-electron chi connectivity index (χ0n) is 16.0. The molecule has 6 nitrogen and oxygen atoms in total. The van der Waals surface area contributed by atoms with E-state index in [4.69, 9.17) is 4.74 Å². The van der Waals surface area contributed by atoms with Gasteiger partial charge in [0.05, 0.1) is 17.9 Å². The van der Waals surface area contributed by atoms with Gasteiger partial charge in [-0.25, -0.2) is 14.2 Å². The Kier molecular flexibility index (Phi) is 5.60. The number of benzene rings is 1. The molecule has 0 unspecified atom stereocenters. The molecule has 2 heterocycles. The van der Waals surface area contributed by atoms with Crippen LogP contribution in [0.3, 0.4) is 0 Å². The van der Waals surface area contributed by atoms with Gasteiger partial charge >= 0.3 is 5.97 Å². The van der Waals surface area contributed by atoms with Crippen LogP contribution in [0.1, 0.15) is 44.6 Å². The van der Waals surface area contributed by atoms with Gasteiger partial charge in [-0.05, 0) is 57.0 Å². The van der Waals surface area contributed by atoms with Crippen LogP contribution in [0, 0.1) is 26.6 Å². The molecule has 0 aliphatic carbocycles. The van der Waals surface area contributed by atoms with Gasteiger partial charge in [0.1, 0.15) is 11.5 Å². The van der Waals surface area contributed by atoms with Crippen LogP contribution < -0.4 is 5.32 Å². The lowest BCUT2D eigenvalue weighted by molar-refractivity contribution is 0.0525. The molecule has 0 spiro atoms. The third-order valence-corrected chi connectivity index (χ3v) is 5.08. The fourth-order valence-corrected chi connectivity index (χ4v) is 3.63. The minimum Gasteiger partial charge on any atom is -0.462 e. The van der Waals surface area contributed by atoms with Gasteiger partial charge in [0.25, 0.3) is 5.91 Å². The Labute approximate surface area is 165 Å². The molecule has 2 aromatic heterocycles. The number of anilines is 1. The van der Waals surface area contributed by atoms with E-state index in [9.17, 15) is 14.0 Å². The van der Waals surface area contributed by atoms with Crippen molar-refractivity contribution in [2.75, 3.05) is 11.9 Å². The second-order valence-electron chi connectivity index (χ2n) is 6.30. The summed E-state index contributed by atoms with van der Waals surface area (Å²) in [4.78, 5) is 32.1. The Morgan fingerprint density at radius 3 is 2.71 bits per heavy atom. The molecule has 0 atom stereocenters. The summed E-state index contributed by atoms with van der Waals surface area (Å²) in [6, 6.07) is 4.75. The molecule has 2 N–H and O–H groups in total. The molecule has 3 rings (SSSR count). The number of amides is 1. The van der Waals surface area contributed by atoms with Gasteiger partial charge in [0.15, 0.2) is 5.13 Å². The van der Waals surface area contributed by atoms with E-state index in [0.717, 1.165) is 5.56 Å². The summed E-state index contributed by atoms with van der Waals surface area (Å²) < 4.78 is 18.5. The topological polar surface area (TPSA) is 84.1 Å². The number of halogens is 1.